The lowest BCUT2D eigenvalue weighted by atomic mass is 10.2. The van der Waals surface area contributed by atoms with Gasteiger partial charge in [0.15, 0.2) is 0 Å². The van der Waals surface area contributed by atoms with Crippen molar-refractivity contribution in [3.63, 3.8) is 0 Å². The summed E-state index contributed by atoms with van der Waals surface area (Å²) in [7, 11) is 0. The van der Waals surface area contributed by atoms with Crippen LogP contribution in [0.1, 0.15) is 15.9 Å². The van der Waals surface area contributed by atoms with Gasteiger partial charge in [-0.15, -0.1) is 0 Å². The Balaban J connectivity index is 1.96. The van der Waals surface area contributed by atoms with Crippen LogP contribution in [-0.2, 0) is 0 Å². The van der Waals surface area contributed by atoms with Crippen LogP contribution in [0.4, 0.5) is 26.3 Å². The van der Waals surface area contributed by atoms with E-state index in [4.69, 9.17) is 0 Å². The monoisotopic (exact) mass is 391 g/mol. The predicted octanol–water partition coefficient (Wildman–Crippen LogP) is 3.72. The molecule has 1 amide bonds. The molecule has 0 saturated carbocycles. The zero-order valence-corrected chi connectivity index (χ0v) is 13.3. The van der Waals surface area contributed by atoms with E-state index >= 15 is 0 Å². The van der Waals surface area contributed by atoms with Gasteiger partial charge in [-0.25, -0.2) is 9.82 Å². The quantitative estimate of drug-likeness (QED) is 0.464. The molecule has 0 bridgehead atoms. The summed E-state index contributed by atoms with van der Waals surface area (Å²) >= 11 is 0. The van der Waals surface area contributed by atoms with Crippen LogP contribution < -0.4 is 10.2 Å². The molecule has 1 aromatic heterocycles. The van der Waals surface area contributed by atoms with Crippen molar-refractivity contribution in [2.24, 2.45) is 5.10 Å². The number of ether oxygens (including phenoxy) is 1. The third-order valence-corrected chi connectivity index (χ3v) is 3.04. The van der Waals surface area contributed by atoms with Gasteiger partial charge in [-0.2, -0.15) is 27.1 Å². The van der Waals surface area contributed by atoms with Crippen LogP contribution in [0.3, 0.4) is 0 Å². The number of nitrogens with one attached hydrogen (secondary N) is 1. The number of aromatic nitrogens is 1. The number of halogens is 6. The zero-order valence-electron chi connectivity index (χ0n) is 13.3. The van der Waals surface area contributed by atoms with Gasteiger partial charge in [-0.1, -0.05) is 0 Å². The maximum Gasteiger partial charge on any atom is 0.439 e. The lowest BCUT2D eigenvalue weighted by molar-refractivity contribution is -0.304. The van der Waals surface area contributed by atoms with Gasteiger partial charge < -0.3 is 4.74 Å². The van der Waals surface area contributed by atoms with Crippen LogP contribution in [0.5, 0.6) is 5.75 Å². The molecule has 0 aliphatic carbocycles. The molecular formula is C16H11F6N3O2. The van der Waals surface area contributed by atoms with Crippen LogP contribution >= 0.6 is 0 Å². The highest BCUT2D eigenvalue weighted by atomic mass is 19.4. The first-order chi connectivity index (χ1) is 12.6. The van der Waals surface area contributed by atoms with Gasteiger partial charge in [0.1, 0.15) is 5.75 Å². The highest BCUT2D eigenvalue weighted by molar-refractivity contribution is 5.94. The van der Waals surface area contributed by atoms with E-state index in [0.29, 0.717) is 11.1 Å². The van der Waals surface area contributed by atoms with Crippen molar-refractivity contribution in [3.05, 3.63) is 59.9 Å². The number of hydrazone groups is 1. The largest absolute Gasteiger partial charge is 0.439 e. The van der Waals surface area contributed by atoms with Crippen LogP contribution in [0, 0.1) is 0 Å². The van der Waals surface area contributed by atoms with E-state index in [2.05, 4.69) is 20.2 Å². The standard InChI is InChI=1S/C16H11F6N3O2/c17-14(15(18,19)20)16(21,22)27-12-3-1-10(2-4-12)9-24-25-13(26)11-5-7-23-8-6-11/h1-9,14H,(H,25,26)/b24-9-/t14-/m1/s1. The Morgan fingerprint density at radius 1 is 1.07 bits per heavy atom. The fourth-order valence-electron chi connectivity index (χ4n) is 1.75. The van der Waals surface area contributed by atoms with Gasteiger partial charge in [-0.05, 0) is 42.0 Å². The van der Waals surface area contributed by atoms with Crippen LogP contribution in [-0.4, -0.2) is 35.6 Å². The molecule has 0 unspecified atom stereocenters. The SMILES string of the molecule is O=C(N/N=C\c1ccc(OC(F)(F)[C@H](F)C(F)(F)F)cc1)c1ccncc1. The fraction of sp³-hybridized carbons (Fsp3) is 0.188. The molecule has 11 heteroatoms. The molecule has 0 aliphatic heterocycles. The van der Waals surface area contributed by atoms with E-state index in [0.717, 1.165) is 18.3 Å². The van der Waals surface area contributed by atoms with E-state index in [-0.39, 0.29) is 0 Å². The van der Waals surface area contributed by atoms with Gasteiger partial charge in [-0.3, -0.25) is 9.78 Å². The third kappa shape index (κ3) is 5.69. The highest BCUT2D eigenvalue weighted by Gasteiger charge is 2.59. The molecule has 5 nitrogen and oxygen atoms in total. The first-order valence-electron chi connectivity index (χ1n) is 7.21. The van der Waals surface area contributed by atoms with Crippen molar-refractivity contribution in [1.29, 1.82) is 0 Å². The topological polar surface area (TPSA) is 63.6 Å². The number of carbonyl (C=O) groups excluding carboxylic acids is 1. The van der Waals surface area contributed by atoms with Crippen LogP contribution in [0.15, 0.2) is 53.9 Å². The molecule has 0 fully saturated rings. The Morgan fingerprint density at radius 3 is 2.22 bits per heavy atom. The number of carbonyl (C=O) groups is 1. The Kier molecular flexibility index (Phi) is 6.03. The number of hydrogen-bond acceptors (Lipinski definition) is 4. The molecule has 144 valence electrons. The van der Waals surface area contributed by atoms with E-state index in [9.17, 15) is 31.1 Å². The van der Waals surface area contributed by atoms with E-state index < -0.39 is 30.1 Å². The molecular weight excluding hydrogens is 380 g/mol. The first-order valence-corrected chi connectivity index (χ1v) is 7.21. The normalized spacial score (nSPS) is 13.4. The molecule has 1 N–H and O–H groups in total. The number of alkyl halides is 6. The predicted molar refractivity (Wildman–Crippen MR) is 82.3 cm³/mol. The van der Waals surface area contributed by atoms with Crippen LogP contribution in [0.2, 0.25) is 0 Å². The van der Waals surface area contributed by atoms with Gasteiger partial charge >= 0.3 is 12.3 Å². The Labute approximate surface area is 148 Å². The van der Waals surface area contributed by atoms with E-state index in [1.165, 1.54) is 36.7 Å². The summed E-state index contributed by atoms with van der Waals surface area (Å²) in [6.45, 7) is 0. The molecule has 1 atom stereocenters. The van der Waals surface area contributed by atoms with Gasteiger partial charge in [0.25, 0.3) is 12.1 Å². The second kappa shape index (κ2) is 8.06. The van der Waals surface area contributed by atoms with Gasteiger partial charge in [0.05, 0.1) is 6.21 Å². The average molecular weight is 391 g/mol. The van der Waals surface area contributed by atoms with Crippen molar-refractivity contribution in [2.45, 2.75) is 18.5 Å². The number of amides is 1. The smallest absolute Gasteiger partial charge is 0.430 e. The summed E-state index contributed by atoms with van der Waals surface area (Å²) in [6, 6.07) is 7.07. The molecule has 0 aliphatic rings. The van der Waals surface area contributed by atoms with Gasteiger partial charge in [0, 0.05) is 18.0 Å². The molecule has 1 aromatic carbocycles. The minimum Gasteiger partial charge on any atom is -0.430 e. The van der Waals surface area contributed by atoms with E-state index in [1.807, 2.05) is 0 Å². The van der Waals surface area contributed by atoms with Crippen molar-refractivity contribution in [2.75, 3.05) is 0 Å². The van der Waals surface area contributed by atoms with Crippen molar-refractivity contribution in [1.82, 2.24) is 10.4 Å². The Morgan fingerprint density at radius 2 is 1.67 bits per heavy atom. The molecule has 27 heavy (non-hydrogen) atoms. The lowest BCUT2D eigenvalue weighted by Crippen LogP contribution is -2.45. The maximum absolute atomic E-state index is 13.2. The summed E-state index contributed by atoms with van der Waals surface area (Å²) < 4.78 is 79.0. The number of pyridine rings is 1. The first kappa shape index (κ1) is 20.2. The number of benzene rings is 1. The molecule has 2 rings (SSSR count). The molecule has 0 spiro atoms. The second-order valence-electron chi connectivity index (χ2n) is 5.07. The maximum atomic E-state index is 13.2. The summed E-state index contributed by atoms with van der Waals surface area (Å²) in [4.78, 5) is 15.5. The minimum atomic E-state index is -5.76. The van der Waals surface area contributed by atoms with Gasteiger partial charge in [0.2, 0.25) is 0 Å². The molecule has 2 aromatic rings. The average Bonchev–Trinajstić information content (AvgIpc) is 2.62. The summed E-state index contributed by atoms with van der Waals surface area (Å²) in [6.07, 6.45) is -11.3. The van der Waals surface area contributed by atoms with E-state index in [1.54, 1.807) is 0 Å². The van der Waals surface area contributed by atoms with Crippen molar-refractivity contribution in [3.8, 4) is 5.75 Å². The highest BCUT2D eigenvalue weighted by Crippen LogP contribution is 2.36. The van der Waals surface area contributed by atoms with Crippen LogP contribution in [0.25, 0.3) is 0 Å². The third-order valence-electron chi connectivity index (χ3n) is 3.04. The fourth-order valence-corrected chi connectivity index (χ4v) is 1.75. The molecule has 1 heterocycles. The van der Waals surface area contributed by atoms with Crippen molar-refractivity contribution < 1.29 is 35.9 Å². The Bertz CT molecular complexity index is 794. The van der Waals surface area contributed by atoms with Crippen molar-refractivity contribution >= 4 is 12.1 Å². The number of hydrogen-bond donors (Lipinski definition) is 1. The summed E-state index contributed by atoms with van der Waals surface area (Å²) in [5.41, 5.74) is 2.83. The summed E-state index contributed by atoms with van der Waals surface area (Å²) in [5, 5.41) is 3.64. The minimum absolute atomic E-state index is 0.304. The molecule has 0 saturated heterocycles. The summed E-state index contributed by atoms with van der Waals surface area (Å²) in [5.74, 6) is -1.20. The zero-order chi connectivity index (χ0) is 20.1. The number of nitrogens with zero attached hydrogens (tertiary/aromatic N) is 2. The lowest BCUT2D eigenvalue weighted by Gasteiger charge is -2.23. The molecule has 0 radical (unpaired) electrons. The second-order valence-corrected chi connectivity index (χ2v) is 5.07. The number of rotatable bonds is 6. The Hall–Kier alpha value is -3.11.